The number of anilines is 2. The highest BCUT2D eigenvalue weighted by Crippen LogP contribution is 2.40. The summed E-state index contributed by atoms with van der Waals surface area (Å²) >= 11 is 0. The molecule has 5 aromatic rings. The summed E-state index contributed by atoms with van der Waals surface area (Å²) in [5.41, 5.74) is 15.6. The van der Waals surface area contributed by atoms with Gasteiger partial charge in [0.2, 0.25) is 11.8 Å². The minimum atomic E-state index is -0.558. The number of nitrogens with zero attached hydrogens (tertiary/aromatic N) is 1. The largest absolute Gasteiger partial charge is 0.493 e. The van der Waals surface area contributed by atoms with Gasteiger partial charge in [-0.3, -0.25) is 14.5 Å². The third-order valence-electron chi connectivity index (χ3n) is 11.6. The van der Waals surface area contributed by atoms with Gasteiger partial charge in [0, 0.05) is 51.0 Å². The van der Waals surface area contributed by atoms with Crippen LogP contribution in [0.5, 0.6) is 11.5 Å². The number of carbonyl (C=O) groups is 2. The summed E-state index contributed by atoms with van der Waals surface area (Å²) in [7, 11) is 3.34. The summed E-state index contributed by atoms with van der Waals surface area (Å²) < 4.78 is 24.6. The molecule has 11 nitrogen and oxygen atoms in total. The molecule has 5 N–H and O–H groups in total. The SMILES string of the molecule is COc1cc2c(cc1OC)CN(C[C@H]1C[C@@H](c3ccc(CO)cc3)O[C@@H](c3ccc(-c4cccc(CNC(=O)CCCCCCC(=O)Nc5ccccc5N)c4)cc3)O1)CC2. The Balaban J connectivity index is 0.917. The van der Waals surface area contributed by atoms with Crippen molar-refractivity contribution in [1.82, 2.24) is 10.2 Å². The van der Waals surface area contributed by atoms with E-state index in [4.69, 9.17) is 24.7 Å². The van der Waals surface area contributed by atoms with Crippen LogP contribution >= 0.6 is 0 Å². The number of nitrogens with two attached hydrogens (primary N) is 1. The van der Waals surface area contributed by atoms with E-state index in [9.17, 15) is 14.7 Å². The number of amides is 2. The van der Waals surface area contributed by atoms with Crippen LogP contribution in [0.15, 0.2) is 109 Å². The van der Waals surface area contributed by atoms with Crippen molar-refractivity contribution in [2.24, 2.45) is 0 Å². The van der Waals surface area contributed by atoms with Crippen LogP contribution in [0.4, 0.5) is 11.4 Å². The molecule has 2 heterocycles. The van der Waals surface area contributed by atoms with Crippen LogP contribution in [0, 0.1) is 0 Å². The highest BCUT2D eigenvalue weighted by atomic mass is 16.7. The smallest absolute Gasteiger partial charge is 0.224 e. The topological polar surface area (TPSA) is 145 Å². The van der Waals surface area contributed by atoms with Crippen molar-refractivity contribution >= 4 is 23.2 Å². The zero-order chi connectivity index (χ0) is 42.6. The molecule has 5 aromatic carbocycles. The molecule has 2 aliphatic rings. The number of carbonyl (C=O) groups excluding carboxylic acids is 2. The average molecular weight is 827 g/mol. The number of fused-ring (bicyclic) bond motifs is 1. The molecule has 61 heavy (non-hydrogen) atoms. The predicted octanol–water partition coefficient (Wildman–Crippen LogP) is 8.64. The van der Waals surface area contributed by atoms with Gasteiger partial charge in [0.1, 0.15) is 0 Å². The van der Waals surface area contributed by atoms with Crippen molar-refractivity contribution in [3.63, 3.8) is 0 Å². The third kappa shape index (κ3) is 11.8. The van der Waals surface area contributed by atoms with Gasteiger partial charge in [-0.05, 0) is 88.5 Å². The Morgan fingerprint density at radius 3 is 2.18 bits per heavy atom. The summed E-state index contributed by atoms with van der Waals surface area (Å²) in [6.45, 7) is 2.91. The summed E-state index contributed by atoms with van der Waals surface area (Å²) in [4.78, 5) is 27.4. The lowest BCUT2D eigenvalue weighted by atomic mass is 9.96. The lowest BCUT2D eigenvalue weighted by Crippen LogP contribution is -2.41. The van der Waals surface area contributed by atoms with Gasteiger partial charge >= 0.3 is 0 Å². The van der Waals surface area contributed by atoms with Crippen LogP contribution in [-0.4, -0.2) is 55.2 Å². The van der Waals surface area contributed by atoms with E-state index in [2.05, 4.69) is 64.1 Å². The Morgan fingerprint density at radius 2 is 1.46 bits per heavy atom. The Labute approximate surface area is 359 Å². The van der Waals surface area contributed by atoms with E-state index in [0.29, 0.717) is 37.2 Å². The first-order chi connectivity index (χ1) is 29.8. The van der Waals surface area contributed by atoms with Crippen molar-refractivity contribution in [3.8, 4) is 22.6 Å². The van der Waals surface area contributed by atoms with Gasteiger partial charge in [0.05, 0.1) is 44.4 Å². The lowest BCUT2D eigenvalue weighted by molar-refractivity contribution is -0.253. The molecule has 0 unspecified atom stereocenters. The van der Waals surface area contributed by atoms with Crippen LogP contribution in [0.3, 0.4) is 0 Å². The average Bonchev–Trinajstić information content (AvgIpc) is 3.29. The molecule has 0 saturated carbocycles. The zero-order valence-electron chi connectivity index (χ0n) is 35.2. The summed E-state index contributed by atoms with van der Waals surface area (Å²) in [5.74, 6) is 1.47. The van der Waals surface area contributed by atoms with E-state index in [1.54, 1.807) is 26.4 Å². The second-order valence-electron chi connectivity index (χ2n) is 16.0. The monoisotopic (exact) mass is 826 g/mol. The Hall–Kier alpha value is -5.72. The van der Waals surface area contributed by atoms with E-state index in [-0.39, 0.29) is 30.6 Å². The normalized spacial score (nSPS) is 17.6. The predicted molar refractivity (Wildman–Crippen MR) is 238 cm³/mol. The van der Waals surface area contributed by atoms with Crippen LogP contribution < -0.4 is 25.8 Å². The minimum Gasteiger partial charge on any atom is -0.493 e. The molecule has 0 bridgehead atoms. The second-order valence-corrected chi connectivity index (χ2v) is 16.0. The number of hydrogen-bond acceptors (Lipinski definition) is 9. The molecule has 7 rings (SSSR count). The van der Waals surface area contributed by atoms with Gasteiger partial charge in [-0.1, -0.05) is 91.7 Å². The number of aliphatic hydroxyl groups excluding tert-OH is 1. The van der Waals surface area contributed by atoms with Gasteiger partial charge in [-0.2, -0.15) is 0 Å². The number of benzene rings is 5. The highest BCUT2D eigenvalue weighted by molar-refractivity contribution is 5.93. The Kier molecular flexibility index (Phi) is 15.1. The fourth-order valence-corrected chi connectivity index (χ4v) is 8.15. The third-order valence-corrected chi connectivity index (χ3v) is 11.6. The van der Waals surface area contributed by atoms with Crippen molar-refractivity contribution in [1.29, 1.82) is 0 Å². The van der Waals surface area contributed by atoms with Gasteiger partial charge in [-0.15, -0.1) is 0 Å². The number of nitrogens with one attached hydrogen (secondary N) is 2. The molecular formula is C50H58N4O7. The van der Waals surface area contributed by atoms with E-state index >= 15 is 0 Å². The molecule has 320 valence electrons. The molecule has 0 spiro atoms. The fourth-order valence-electron chi connectivity index (χ4n) is 8.15. The number of nitrogen functional groups attached to an aromatic ring is 1. The van der Waals surface area contributed by atoms with Crippen LogP contribution in [0.25, 0.3) is 11.1 Å². The zero-order valence-corrected chi connectivity index (χ0v) is 35.2. The van der Waals surface area contributed by atoms with Crippen LogP contribution in [0.2, 0.25) is 0 Å². The summed E-state index contributed by atoms with van der Waals surface area (Å²) in [6, 6.07) is 36.0. The van der Waals surface area contributed by atoms with E-state index < -0.39 is 6.29 Å². The number of hydrogen-bond donors (Lipinski definition) is 4. The molecule has 0 aliphatic carbocycles. The molecule has 2 aliphatic heterocycles. The number of rotatable bonds is 18. The maximum Gasteiger partial charge on any atom is 0.224 e. The van der Waals surface area contributed by atoms with Gasteiger partial charge in [0.25, 0.3) is 0 Å². The number of unbranched alkanes of at least 4 members (excludes halogenated alkanes) is 3. The summed E-state index contributed by atoms with van der Waals surface area (Å²) in [5, 5.41) is 15.6. The van der Waals surface area contributed by atoms with Crippen LogP contribution in [0.1, 0.15) is 90.7 Å². The standard InChI is InChI=1S/C50H58N4O7/c1-58-46-27-40-24-25-54(31-41(40)28-47(46)59-2)32-42-29-45(37-18-16-34(33-55)17-19-37)61-50(60-42)38-22-20-36(21-23-38)39-11-9-10-35(26-39)30-52-48(56)14-5-3-4-6-15-49(57)53-44-13-8-7-12-43(44)51/h7-13,16-23,26-28,42,45,50,55H,3-6,14-15,24-25,29-33,51H2,1-2H3,(H,52,56)(H,53,57)/t42-,45+,50+/m1/s1. The molecule has 0 radical (unpaired) electrons. The number of aliphatic hydroxyl groups is 1. The second kappa shape index (κ2) is 21.2. The number of para-hydroxylation sites is 2. The molecule has 2 amide bonds. The van der Waals surface area contributed by atoms with E-state index in [0.717, 1.165) is 96.6 Å². The van der Waals surface area contributed by atoms with Gasteiger partial charge in [0.15, 0.2) is 17.8 Å². The fraction of sp³-hybridized carbons (Fsp3) is 0.360. The first kappa shape index (κ1) is 43.4. The molecule has 3 atom stereocenters. The number of ether oxygens (including phenoxy) is 4. The Bertz CT molecular complexity index is 2230. The van der Waals surface area contributed by atoms with Crippen LogP contribution in [-0.2, 0) is 45.2 Å². The molecule has 1 saturated heterocycles. The Morgan fingerprint density at radius 1 is 0.754 bits per heavy atom. The summed E-state index contributed by atoms with van der Waals surface area (Å²) in [6.07, 6.45) is 4.99. The van der Waals surface area contributed by atoms with Crippen molar-refractivity contribution in [3.05, 3.63) is 143 Å². The molecular weight excluding hydrogens is 769 g/mol. The molecule has 11 heteroatoms. The lowest BCUT2D eigenvalue weighted by Gasteiger charge is -2.39. The van der Waals surface area contributed by atoms with E-state index in [1.807, 2.05) is 48.5 Å². The van der Waals surface area contributed by atoms with Gasteiger partial charge < -0.3 is 40.4 Å². The van der Waals surface area contributed by atoms with Gasteiger partial charge in [-0.25, -0.2) is 0 Å². The van der Waals surface area contributed by atoms with Crippen molar-refractivity contribution in [2.45, 2.75) is 89.6 Å². The maximum atomic E-state index is 12.7. The first-order valence-electron chi connectivity index (χ1n) is 21.4. The molecule has 0 aromatic heterocycles. The number of methoxy groups -OCH3 is 2. The minimum absolute atomic E-state index is 0.00462. The van der Waals surface area contributed by atoms with Crippen molar-refractivity contribution in [2.75, 3.05) is 38.4 Å². The van der Waals surface area contributed by atoms with Crippen molar-refractivity contribution < 1.29 is 33.6 Å². The quantitative estimate of drug-likeness (QED) is 0.0504. The first-order valence-corrected chi connectivity index (χ1v) is 21.4. The molecule has 1 fully saturated rings. The van der Waals surface area contributed by atoms with E-state index in [1.165, 1.54) is 11.1 Å². The maximum absolute atomic E-state index is 12.7. The highest BCUT2D eigenvalue weighted by Gasteiger charge is 2.34.